The summed E-state index contributed by atoms with van der Waals surface area (Å²) >= 11 is 1.25. The Morgan fingerprint density at radius 3 is 1.96 bits per heavy atom. The van der Waals surface area contributed by atoms with Crippen molar-refractivity contribution in [2.24, 2.45) is 0 Å². The molecule has 0 aliphatic heterocycles. The van der Waals surface area contributed by atoms with E-state index in [9.17, 15) is 21.4 Å². The first-order chi connectivity index (χ1) is 24.4. The van der Waals surface area contributed by atoms with Crippen LogP contribution in [-0.4, -0.2) is 60.8 Å². The first-order valence-corrected chi connectivity index (χ1v) is 20.8. The van der Waals surface area contributed by atoms with Gasteiger partial charge < -0.3 is 4.90 Å². The van der Waals surface area contributed by atoms with E-state index < -0.39 is 26.0 Å². The van der Waals surface area contributed by atoms with Crippen LogP contribution >= 0.6 is 11.8 Å². The van der Waals surface area contributed by atoms with Gasteiger partial charge in [0.05, 0.1) is 5.75 Å². The van der Waals surface area contributed by atoms with Crippen molar-refractivity contribution >= 4 is 49.0 Å². The van der Waals surface area contributed by atoms with Gasteiger partial charge in [0.25, 0.3) is 20.2 Å². The molecule has 0 radical (unpaired) electrons. The second-order valence-electron chi connectivity index (χ2n) is 12.1. The topological polar surface area (TPSA) is 115 Å². The molecule has 0 aromatic heterocycles. The molecule has 0 saturated heterocycles. The lowest BCUT2D eigenvalue weighted by atomic mass is 9.90. The smallest absolute Gasteiger partial charge is 0.295 e. The van der Waals surface area contributed by atoms with Gasteiger partial charge in [0, 0.05) is 47.0 Å². The lowest BCUT2D eigenvalue weighted by Crippen LogP contribution is -2.21. The SMILES string of the molecule is CCN(Cc1ccccc1)c1ccc(C(=C2C=CC(=[N+](CC)Cc3ccccc3)C=C2)c2ccc(SCCCS(=O)(=O)O)cc2S(=O)(=O)O)cc1. The highest BCUT2D eigenvalue weighted by Gasteiger charge is 2.23. The average Bonchev–Trinajstić information content (AvgIpc) is 3.12. The number of nitrogens with zero attached hydrogens (tertiary/aromatic N) is 2. The predicted octanol–water partition coefficient (Wildman–Crippen LogP) is 7.93. The van der Waals surface area contributed by atoms with Crippen molar-refractivity contribution in [1.82, 2.24) is 0 Å². The molecule has 0 heterocycles. The highest BCUT2D eigenvalue weighted by atomic mass is 32.2. The van der Waals surface area contributed by atoms with Crippen LogP contribution in [0.3, 0.4) is 0 Å². The molecule has 1 aliphatic carbocycles. The number of anilines is 1. The lowest BCUT2D eigenvalue weighted by Gasteiger charge is -2.24. The van der Waals surface area contributed by atoms with Crippen molar-refractivity contribution in [2.75, 3.05) is 29.5 Å². The zero-order chi connectivity index (χ0) is 36.4. The molecule has 266 valence electrons. The summed E-state index contributed by atoms with van der Waals surface area (Å²) in [4.78, 5) is 2.56. The minimum atomic E-state index is -4.68. The van der Waals surface area contributed by atoms with Gasteiger partial charge in [-0.2, -0.15) is 16.8 Å². The fourth-order valence-corrected chi connectivity index (χ4v) is 8.36. The van der Waals surface area contributed by atoms with Gasteiger partial charge in [-0.25, -0.2) is 4.58 Å². The zero-order valence-corrected chi connectivity index (χ0v) is 31.2. The summed E-state index contributed by atoms with van der Waals surface area (Å²) in [6, 6.07) is 33.4. The first-order valence-electron chi connectivity index (χ1n) is 16.8. The molecule has 0 spiro atoms. The standard InChI is InChI=1S/C40H42N2O6S3/c1-3-41(29-31-12-7-5-8-13-31)35-20-16-33(17-21-35)40(34-18-22-36(23-19-34)42(4-2)30-32-14-9-6-10-15-32)38-25-24-37(28-39(38)51(46,47)48)49-26-11-27-50(43,44)45/h5-10,12-25,28H,3-4,11,26-27,29-30H2,1-2H3,(H-,43,44,45,46,47,48)/p+1. The number of thioether (sulfide) groups is 1. The molecule has 0 atom stereocenters. The van der Waals surface area contributed by atoms with Crippen molar-refractivity contribution in [1.29, 1.82) is 0 Å². The van der Waals surface area contributed by atoms with E-state index in [0.29, 0.717) is 21.8 Å². The van der Waals surface area contributed by atoms with E-state index in [-0.39, 0.29) is 11.3 Å². The number of allylic oxidation sites excluding steroid dienone is 5. The van der Waals surface area contributed by atoms with E-state index in [1.807, 2.05) is 85.0 Å². The molecule has 0 bridgehead atoms. The molecule has 0 amide bonds. The van der Waals surface area contributed by atoms with Crippen LogP contribution in [0.5, 0.6) is 0 Å². The summed E-state index contributed by atoms with van der Waals surface area (Å²) in [7, 11) is -8.78. The van der Waals surface area contributed by atoms with Gasteiger partial charge in [0.2, 0.25) is 0 Å². The average molecular weight is 744 g/mol. The van der Waals surface area contributed by atoms with E-state index in [4.69, 9.17) is 4.55 Å². The van der Waals surface area contributed by atoms with E-state index in [1.165, 1.54) is 29.0 Å². The van der Waals surface area contributed by atoms with Crippen LogP contribution < -0.4 is 4.90 Å². The Morgan fingerprint density at radius 2 is 1.39 bits per heavy atom. The van der Waals surface area contributed by atoms with Crippen LogP contribution in [0.4, 0.5) is 5.69 Å². The van der Waals surface area contributed by atoms with Crippen LogP contribution in [0.2, 0.25) is 0 Å². The maximum absolute atomic E-state index is 13.0. The van der Waals surface area contributed by atoms with Gasteiger partial charge in [-0.15, -0.1) is 11.8 Å². The Balaban J connectivity index is 1.57. The second kappa shape index (κ2) is 17.3. The quantitative estimate of drug-likeness (QED) is 0.0546. The largest absolute Gasteiger partial charge is 0.367 e. The monoisotopic (exact) mass is 743 g/mol. The molecule has 0 saturated carbocycles. The van der Waals surface area contributed by atoms with Crippen LogP contribution in [-0.2, 0) is 33.3 Å². The fourth-order valence-electron chi connectivity index (χ4n) is 5.98. The Morgan fingerprint density at radius 1 is 0.765 bits per heavy atom. The van der Waals surface area contributed by atoms with Crippen LogP contribution in [0, 0.1) is 0 Å². The molecule has 4 aromatic carbocycles. The van der Waals surface area contributed by atoms with Gasteiger partial charge in [0.1, 0.15) is 11.4 Å². The van der Waals surface area contributed by atoms with Crippen LogP contribution in [0.25, 0.3) is 5.57 Å². The van der Waals surface area contributed by atoms with E-state index in [2.05, 4.69) is 47.6 Å². The second-order valence-corrected chi connectivity index (χ2v) is 16.2. The van der Waals surface area contributed by atoms with Gasteiger partial charge in [-0.3, -0.25) is 9.11 Å². The predicted molar refractivity (Wildman–Crippen MR) is 208 cm³/mol. The summed E-state index contributed by atoms with van der Waals surface area (Å²) in [5, 5.41) is 0. The van der Waals surface area contributed by atoms with Gasteiger partial charge in [-0.05, 0) is 84.7 Å². The Kier molecular flexibility index (Phi) is 12.9. The molecule has 11 heteroatoms. The Bertz CT molecular complexity index is 2140. The highest BCUT2D eigenvalue weighted by molar-refractivity contribution is 7.99. The minimum absolute atomic E-state index is 0.181. The molecule has 8 nitrogen and oxygen atoms in total. The van der Waals surface area contributed by atoms with Crippen LogP contribution in [0.15, 0.2) is 143 Å². The lowest BCUT2D eigenvalue weighted by molar-refractivity contribution is -0.539. The molecule has 0 fully saturated rings. The summed E-state index contributed by atoms with van der Waals surface area (Å²) in [5.74, 6) is -0.0634. The summed E-state index contributed by atoms with van der Waals surface area (Å²) in [6.07, 6.45) is 8.20. The van der Waals surface area contributed by atoms with E-state index in [0.717, 1.165) is 48.7 Å². The van der Waals surface area contributed by atoms with Crippen molar-refractivity contribution in [3.05, 3.63) is 155 Å². The number of hydrogen-bond acceptors (Lipinski definition) is 6. The molecule has 2 N–H and O–H groups in total. The molecule has 0 unspecified atom stereocenters. The maximum atomic E-state index is 13.0. The molecule has 1 aliphatic rings. The molecule has 5 rings (SSSR count). The van der Waals surface area contributed by atoms with E-state index in [1.54, 1.807) is 12.1 Å². The molecule has 4 aromatic rings. The van der Waals surface area contributed by atoms with Gasteiger partial charge in [-0.1, -0.05) is 78.9 Å². The molecular formula is C40H43N2O6S3+. The minimum Gasteiger partial charge on any atom is -0.367 e. The number of rotatable bonds is 15. The summed E-state index contributed by atoms with van der Waals surface area (Å²) in [6.45, 7) is 7.27. The fraction of sp³-hybridized carbons (Fsp3) is 0.225. The Labute approximate surface area is 306 Å². The number of hydrogen-bond donors (Lipinski definition) is 2. The van der Waals surface area contributed by atoms with Crippen molar-refractivity contribution in [3.63, 3.8) is 0 Å². The normalized spacial score (nSPS) is 13.0. The third kappa shape index (κ3) is 10.6. The summed E-state index contributed by atoms with van der Waals surface area (Å²) in [5.41, 5.74) is 6.96. The third-order valence-corrected chi connectivity index (χ3v) is 11.3. The summed E-state index contributed by atoms with van der Waals surface area (Å²) < 4.78 is 70.1. The molecular weight excluding hydrogens is 701 g/mol. The zero-order valence-electron chi connectivity index (χ0n) is 28.7. The van der Waals surface area contributed by atoms with Gasteiger partial charge >= 0.3 is 0 Å². The first kappa shape index (κ1) is 38.0. The van der Waals surface area contributed by atoms with Crippen LogP contribution in [0.1, 0.15) is 42.5 Å². The highest BCUT2D eigenvalue weighted by Crippen LogP contribution is 2.37. The van der Waals surface area contributed by atoms with Crippen molar-refractivity contribution in [2.45, 2.75) is 43.1 Å². The Hall–Kier alpha value is -4.26. The van der Waals surface area contributed by atoms with Crippen molar-refractivity contribution in [3.8, 4) is 0 Å². The number of benzene rings is 4. The van der Waals surface area contributed by atoms with Gasteiger partial charge in [0.15, 0.2) is 12.3 Å². The van der Waals surface area contributed by atoms with E-state index >= 15 is 0 Å². The van der Waals surface area contributed by atoms with Crippen molar-refractivity contribution < 1.29 is 30.5 Å². The third-order valence-electron chi connectivity index (χ3n) is 8.55. The maximum Gasteiger partial charge on any atom is 0.295 e. The molecule has 51 heavy (non-hydrogen) atoms.